The molecule has 3 rings (SSSR count). The Labute approximate surface area is 136 Å². The van der Waals surface area contributed by atoms with Gasteiger partial charge in [0.15, 0.2) is 0 Å². The minimum absolute atomic E-state index is 0.607. The fourth-order valence-electron chi connectivity index (χ4n) is 2.11. The minimum Gasteiger partial charge on any atom is -0.438 e. The molecule has 0 unspecified atom stereocenters. The summed E-state index contributed by atoms with van der Waals surface area (Å²) < 4.78 is 5.99. The summed E-state index contributed by atoms with van der Waals surface area (Å²) in [4.78, 5) is 4.62. The lowest BCUT2D eigenvalue weighted by Crippen LogP contribution is -1.95. The molecular weight excluding hydrogens is 350 g/mol. The first-order valence-corrected chi connectivity index (χ1v) is 8.06. The maximum Gasteiger partial charge on any atom is 0.223 e. The largest absolute Gasteiger partial charge is 0.438 e. The molecule has 0 spiro atoms. The number of alkyl halides is 1. The normalized spacial score (nSPS) is 10.8. The van der Waals surface area contributed by atoms with E-state index in [9.17, 15) is 0 Å². The molecule has 1 heterocycles. The average Bonchev–Trinajstić information content (AvgIpc) is 2.50. The Kier molecular flexibility index (Phi) is 4.13. The molecule has 0 atom stereocenters. The number of nitrogens with zero attached hydrogens (tertiary/aromatic N) is 1. The molecule has 0 aliphatic carbocycles. The molecule has 2 nitrogen and oxygen atoms in total. The van der Waals surface area contributed by atoms with E-state index in [4.69, 9.17) is 16.3 Å². The van der Waals surface area contributed by atoms with E-state index < -0.39 is 0 Å². The Morgan fingerprint density at radius 2 is 1.95 bits per heavy atom. The first-order chi connectivity index (χ1) is 10.2. The summed E-state index contributed by atoms with van der Waals surface area (Å²) in [6.07, 6.45) is 0. The van der Waals surface area contributed by atoms with Crippen LogP contribution < -0.4 is 4.74 Å². The standard InChI is InChI=1S/C17H13BrClNO/c1-11-6-7-14(19)9-16(11)21-17-13(10-18)8-12-4-2-3-5-15(12)20-17/h2-9H,10H2,1H3. The van der Waals surface area contributed by atoms with Crippen molar-refractivity contribution in [3.05, 3.63) is 64.7 Å². The highest BCUT2D eigenvalue weighted by Crippen LogP contribution is 2.31. The van der Waals surface area contributed by atoms with Crippen molar-refractivity contribution in [3.8, 4) is 11.6 Å². The lowest BCUT2D eigenvalue weighted by Gasteiger charge is -2.12. The Bertz CT molecular complexity index is 804. The second-order valence-corrected chi connectivity index (χ2v) is 5.79. The van der Waals surface area contributed by atoms with Crippen molar-refractivity contribution in [2.75, 3.05) is 0 Å². The smallest absolute Gasteiger partial charge is 0.223 e. The zero-order chi connectivity index (χ0) is 14.8. The maximum absolute atomic E-state index is 6.04. The van der Waals surface area contributed by atoms with Gasteiger partial charge in [-0.2, -0.15) is 0 Å². The molecular formula is C17H13BrClNO. The van der Waals surface area contributed by atoms with Crippen molar-refractivity contribution in [2.45, 2.75) is 12.3 Å². The van der Waals surface area contributed by atoms with Crippen molar-refractivity contribution < 1.29 is 4.74 Å². The summed E-state index contributed by atoms with van der Waals surface area (Å²) in [5, 5.41) is 2.43. The van der Waals surface area contributed by atoms with E-state index in [0.717, 1.165) is 27.8 Å². The highest BCUT2D eigenvalue weighted by atomic mass is 79.9. The maximum atomic E-state index is 6.04. The van der Waals surface area contributed by atoms with Gasteiger partial charge in [0.2, 0.25) is 5.88 Å². The third-order valence-corrected chi connectivity index (χ3v) is 4.10. The van der Waals surface area contributed by atoms with Gasteiger partial charge in [0.1, 0.15) is 5.75 Å². The van der Waals surface area contributed by atoms with Gasteiger partial charge in [-0.15, -0.1) is 0 Å². The van der Waals surface area contributed by atoms with Crippen LogP contribution in [0, 0.1) is 6.92 Å². The number of para-hydroxylation sites is 1. The van der Waals surface area contributed by atoms with Crippen LogP contribution in [0.15, 0.2) is 48.5 Å². The average molecular weight is 363 g/mol. The topological polar surface area (TPSA) is 22.1 Å². The second kappa shape index (κ2) is 6.04. The summed E-state index contributed by atoms with van der Waals surface area (Å²) in [6.45, 7) is 1.99. The summed E-state index contributed by atoms with van der Waals surface area (Å²) in [6, 6.07) is 15.7. The van der Waals surface area contributed by atoms with E-state index in [1.165, 1.54) is 0 Å². The van der Waals surface area contributed by atoms with Crippen LogP contribution in [-0.4, -0.2) is 4.98 Å². The SMILES string of the molecule is Cc1ccc(Cl)cc1Oc1nc2ccccc2cc1CBr. The number of pyridine rings is 1. The van der Waals surface area contributed by atoms with Crippen molar-refractivity contribution >= 4 is 38.4 Å². The number of hydrogen-bond donors (Lipinski definition) is 0. The lowest BCUT2D eigenvalue weighted by atomic mass is 10.1. The van der Waals surface area contributed by atoms with E-state index >= 15 is 0 Å². The number of ether oxygens (including phenoxy) is 1. The number of aromatic nitrogens is 1. The van der Waals surface area contributed by atoms with E-state index in [2.05, 4.69) is 27.0 Å². The predicted octanol–water partition coefficient (Wildman–Crippen LogP) is 5.88. The number of benzene rings is 2. The van der Waals surface area contributed by atoms with Gasteiger partial charge in [0, 0.05) is 21.3 Å². The molecule has 0 saturated heterocycles. The van der Waals surface area contributed by atoms with Crippen molar-refractivity contribution in [3.63, 3.8) is 0 Å². The third-order valence-electron chi connectivity index (χ3n) is 3.26. The molecule has 4 heteroatoms. The number of fused-ring (bicyclic) bond motifs is 1. The summed E-state index contributed by atoms with van der Waals surface area (Å²) in [7, 11) is 0. The van der Waals surface area contributed by atoms with Gasteiger partial charge < -0.3 is 4.74 Å². The van der Waals surface area contributed by atoms with Gasteiger partial charge in [-0.1, -0.05) is 51.8 Å². The Balaban J connectivity index is 2.08. The summed E-state index contributed by atoms with van der Waals surface area (Å²) in [5.74, 6) is 1.34. The van der Waals surface area contributed by atoms with Gasteiger partial charge in [-0.25, -0.2) is 4.98 Å². The van der Waals surface area contributed by atoms with Gasteiger partial charge in [0.25, 0.3) is 0 Å². The van der Waals surface area contributed by atoms with Crippen LogP contribution in [-0.2, 0) is 5.33 Å². The van der Waals surface area contributed by atoms with E-state index in [1.54, 1.807) is 0 Å². The monoisotopic (exact) mass is 361 g/mol. The number of halogens is 2. The van der Waals surface area contributed by atoms with Crippen LogP contribution in [0.25, 0.3) is 10.9 Å². The second-order valence-electron chi connectivity index (χ2n) is 4.79. The fourth-order valence-corrected chi connectivity index (χ4v) is 2.68. The Morgan fingerprint density at radius 3 is 2.76 bits per heavy atom. The van der Waals surface area contributed by atoms with Crippen LogP contribution in [0.5, 0.6) is 11.6 Å². The number of hydrogen-bond acceptors (Lipinski definition) is 2. The molecule has 0 bridgehead atoms. The Morgan fingerprint density at radius 1 is 1.14 bits per heavy atom. The molecule has 21 heavy (non-hydrogen) atoms. The van der Waals surface area contributed by atoms with Crippen LogP contribution in [0.1, 0.15) is 11.1 Å². The predicted molar refractivity (Wildman–Crippen MR) is 90.6 cm³/mol. The fraction of sp³-hybridized carbons (Fsp3) is 0.118. The summed E-state index contributed by atoms with van der Waals surface area (Å²) in [5.41, 5.74) is 2.94. The summed E-state index contributed by atoms with van der Waals surface area (Å²) >= 11 is 9.54. The van der Waals surface area contributed by atoms with Crippen LogP contribution in [0.2, 0.25) is 5.02 Å². The van der Waals surface area contributed by atoms with E-state index in [0.29, 0.717) is 16.2 Å². The van der Waals surface area contributed by atoms with E-state index in [1.807, 2.05) is 49.4 Å². The molecule has 3 aromatic rings. The Hall–Kier alpha value is -1.58. The zero-order valence-electron chi connectivity index (χ0n) is 11.4. The molecule has 106 valence electrons. The van der Waals surface area contributed by atoms with Crippen LogP contribution >= 0.6 is 27.5 Å². The molecule has 1 aromatic heterocycles. The van der Waals surface area contributed by atoms with Crippen LogP contribution in [0.4, 0.5) is 0 Å². The van der Waals surface area contributed by atoms with Crippen molar-refractivity contribution in [2.24, 2.45) is 0 Å². The number of aryl methyl sites for hydroxylation is 1. The molecule has 0 aliphatic rings. The van der Waals surface area contributed by atoms with Gasteiger partial charge in [-0.3, -0.25) is 0 Å². The zero-order valence-corrected chi connectivity index (χ0v) is 13.8. The molecule has 0 saturated carbocycles. The van der Waals surface area contributed by atoms with Gasteiger partial charge >= 0.3 is 0 Å². The quantitative estimate of drug-likeness (QED) is 0.542. The third kappa shape index (κ3) is 3.04. The highest BCUT2D eigenvalue weighted by Gasteiger charge is 2.10. The van der Waals surface area contributed by atoms with Crippen molar-refractivity contribution in [1.82, 2.24) is 4.98 Å². The molecule has 2 aromatic carbocycles. The molecule has 0 N–H and O–H groups in total. The van der Waals surface area contributed by atoms with Gasteiger partial charge in [-0.05, 0) is 36.8 Å². The lowest BCUT2D eigenvalue weighted by molar-refractivity contribution is 0.457. The molecule has 0 aliphatic heterocycles. The van der Waals surface area contributed by atoms with Crippen LogP contribution in [0.3, 0.4) is 0 Å². The first kappa shape index (κ1) is 14.4. The minimum atomic E-state index is 0.607. The molecule has 0 amide bonds. The first-order valence-electron chi connectivity index (χ1n) is 6.56. The molecule has 0 radical (unpaired) electrons. The van der Waals surface area contributed by atoms with Crippen molar-refractivity contribution in [1.29, 1.82) is 0 Å². The van der Waals surface area contributed by atoms with Gasteiger partial charge in [0.05, 0.1) is 5.52 Å². The number of rotatable bonds is 3. The molecule has 0 fully saturated rings. The van der Waals surface area contributed by atoms with E-state index in [-0.39, 0.29) is 0 Å². The highest BCUT2D eigenvalue weighted by molar-refractivity contribution is 9.08.